The van der Waals surface area contributed by atoms with Crippen LogP contribution in [0.15, 0.2) is 36.4 Å². The largest absolute Gasteiger partial charge is 0.373 e. The first kappa shape index (κ1) is 21.3. The van der Waals surface area contributed by atoms with Crippen molar-refractivity contribution >= 4 is 23.2 Å². The highest BCUT2D eigenvalue weighted by molar-refractivity contribution is 6.30. The maximum absolute atomic E-state index is 14.5. The molecule has 5 nitrogen and oxygen atoms in total. The fraction of sp³-hybridized carbons (Fsp3) is 0.417. The molecule has 1 aromatic carbocycles. The Morgan fingerprint density at radius 3 is 2.66 bits per heavy atom. The van der Waals surface area contributed by atoms with Crippen LogP contribution in [0.5, 0.6) is 0 Å². The first-order chi connectivity index (χ1) is 15.2. The van der Waals surface area contributed by atoms with E-state index < -0.39 is 5.92 Å². The number of rotatable bonds is 5. The van der Waals surface area contributed by atoms with Crippen molar-refractivity contribution < 1.29 is 18.3 Å². The van der Waals surface area contributed by atoms with Crippen molar-refractivity contribution in [3.8, 4) is 0 Å². The number of nitrogens with one attached hydrogen (secondary N) is 1. The van der Waals surface area contributed by atoms with Gasteiger partial charge in [-0.05, 0) is 56.0 Å². The number of amides is 1. The fourth-order valence-corrected chi connectivity index (χ4v) is 5.04. The summed E-state index contributed by atoms with van der Waals surface area (Å²) in [5, 5.41) is 3.64. The van der Waals surface area contributed by atoms with Gasteiger partial charge in [0.05, 0.1) is 23.9 Å². The minimum absolute atomic E-state index is 0.00599. The molecule has 0 aliphatic carbocycles. The van der Waals surface area contributed by atoms with Crippen molar-refractivity contribution in [2.24, 2.45) is 0 Å². The van der Waals surface area contributed by atoms with Crippen LogP contribution in [0, 0.1) is 6.92 Å². The van der Waals surface area contributed by atoms with E-state index in [9.17, 15) is 13.6 Å². The lowest BCUT2D eigenvalue weighted by Gasteiger charge is -2.20. The lowest BCUT2D eigenvalue weighted by Crippen LogP contribution is -2.41. The van der Waals surface area contributed by atoms with Crippen molar-refractivity contribution in [2.75, 3.05) is 0 Å². The number of halogens is 3. The lowest BCUT2D eigenvalue weighted by molar-refractivity contribution is 0.0124. The van der Waals surface area contributed by atoms with E-state index in [1.807, 2.05) is 12.1 Å². The monoisotopic (exact) mass is 459 g/mol. The Hall–Kier alpha value is -2.51. The molecule has 2 saturated heterocycles. The van der Waals surface area contributed by atoms with Gasteiger partial charge in [-0.2, -0.15) is 8.78 Å². The van der Waals surface area contributed by atoms with Crippen LogP contribution in [0.4, 0.5) is 8.78 Å². The number of hydrogen-bond donors (Lipinski definition) is 1. The van der Waals surface area contributed by atoms with E-state index in [0.29, 0.717) is 27.6 Å². The highest BCUT2D eigenvalue weighted by Gasteiger charge is 2.41. The van der Waals surface area contributed by atoms with Crippen molar-refractivity contribution in [2.45, 2.75) is 63.7 Å². The summed E-state index contributed by atoms with van der Waals surface area (Å²) in [5.74, 6) is -3.35. The summed E-state index contributed by atoms with van der Waals surface area (Å²) in [6, 6.07) is 10.4. The van der Waals surface area contributed by atoms with Gasteiger partial charge in [0.2, 0.25) is 0 Å². The Balaban J connectivity index is 1.50. The van der Waals surface area contributed by atoms with Crippen LogP contribution in [-0.4, -0.2) is 33.5 Å². The summed E-state index contributed by atoms with van der Waals surface area (Å²) in [6.45, 7) is 2.65. The topological polar surface area (TPSA) is 55.6 Å². The van der Waals surface area contributed by atoms with Gasteiger partial charge in [0.15, 0.2) is 0 Å². The number of pyridine rings is 1. The van der Waals surface area contributed by atoms with E-state index in [1.165, 1.54) is 0 Å². The predicted molar refractivity (Wildman–Crippen MR) is 118 cm³/mol. The van der Waals surface area contributed by atoms with Crippen LogP contribution in [0.2, 0.25) is 5.02 Å². The van der Waals surface area contributed by atoms with E-state index in [4.69, 9.17) is 16.3 Å². The van der Waals surface area contributed by atoms with Gasteiger partial charge in [-0.1, -0.05) is 23.7 Å². The van der Waals surface area contributed by atoms with Gasteiger partial charge >= 0.3 is 0 Å². The molecule has 32 heavy (non-hydrogen) atoms. The molecule has 3 aromatic rings. The van der Waals surface area contributed by atoms with Crippen LogP contribution in [0.1, 0.15) is 59.2 Å². The average Bonchev–Trinajstić information content (AvgIpc) is 3.43. The maximum Gasteiger partial charge on any atom is 0.288 e. The Morgan fingerprint density at radius 2 is 2.03 bits per heavy atom. The second-order valence-corrected chi connectivity index (χ2v) is 9.30. The van der Waals surface area contributed by atoms with Crippen molar-refractivity contribution in [3.05, 3.63) is 69.6 Å². The molecule has 5 rings (SSSR count). The molecule has 1 amide bonds. The van der Waals surface area contributed by atoms with E-state index in [-0.39, 0.29) is 36.3 Å². The Kier molecular flexibility index (Phi) is 5.21. The van der Waals surface area contributed by atoms with Crippen LogP contribution in [0.3, 0.4) is 0 Å². The number of alkyl halides is 2. The minimum Gasteiger partial charge on any atom is -0.373 e. The summed E-state index contributed by atoms with van der Waals surface area (Å²) < 4.78 is 36.5. The number of imidazole rings is 1. The van der Waals surface area contributed by atoms with Crippen molar-refractivity contribution in [1.29, 1.82) is 0 Å². The molecule has 0 unspecified atom stereocenters. The highest BCUT2D eigenvalue weighted by Crippen LogP contribution is 2.35. The van der Waals surface area contributed by atoms with Gasteiger partial charge in [-0.3, -0.25) is 4.79 Å². The van der Waals surface area contributed by atoms with Crippen LogP contribution in [0.25, 0.3) is 5.65 Å². The van der Waals surface area contributed by atoms with Gasteiger partial charge in [0.25, 0.3) is 11.8 Å². The van der Waals surface area contributed by atoms with E-state index >= 15 is 0 Å². The number of ether oxygens (including phenoxy) is 1. The second kappa shape index (κ2) is 7.81. The fourth-order valence-electron chi connectivity index (χ4n) is 4.92. The molecule has 168 valence electrons. The molecule has 8 heteroatoms. The number of carbonyl (C=O) groups excluding carboxylic acids is 1. The Labute approximate surface area is 189 Å². The zero-order valence-electron chi connectivity index (χ0n) is 17.9. The molecule has 2 bridgehead atoms. The molecule has 1 N–H and O–H groups in total. The highest BCUT2D eigenvalue weighted by atomic mass is 35.5. The third-order valence-corrected chi connectivity index (χ3v) is 6.64. The molecule has 0 saturated carbocycles. The van der Waals surface area contributed by atoms with E-state index in [0.717, 1.165) is 31.7 Å². The van der Waals surface area contributed by atoms with Gasteiger partial charge in [0.1, 0.15) is 11.3 Å². The summed E-state index contributed by atoms with van der Waals surface area (Å²) in [5.41, 5.74) is 2.38. The van der Waals surface area contributed by atoms with Gasteiger partial charge in [-0.15, -0.1) is 0 Å². The molecule has 2 fully saturated rings. The Bertz CT molecular complexity index is 1190. The number of nitrogens with zero attached hydrogens (tertiary/aromatic N) is 2. The summed E-state index contributed by atoms with van der Waals surface area (Å²) in [6.07, 6.45) is 3.38. The quantitative estimate of drug-likeness (QED) is 0.581. The molecule has 0 spiro atoms. The molecule has 2 aliphatic heterocycles. The number of aromatic nitrogens is 2. The standard InChI is InChI=1S/C24H24ClF2N3O2/c1-13-9-15(23(31)28-18-12-17-7-8-20(18)32-17)11-21-29-22(24(2,26)27)19(30(13)21)10-14-3-5-16(25)6-4-14/h3-6,9,11,17-18,20H,7-8,10,12H2,1-2H3,(H,28,31)/t17-,18-,20+/m0/s1. The maximum atomic E-state index is 14.5. The minimum atomic E-state index is -3.12. The van der Waals surface area contributed by atoms with Crippen LogP contribution in [-0.2, 0) is 17.1 Å². The summed E-state index contributed by atoms with van der Waals surface area (Å²) in [4.78, 5) is 17.2. The number of hydrogen-bond acceptors (Lipinski definition) is 3. The van der Waals surface area contributed by atoms with Gasteiger partial charge in [0, 0.05) is 29.6 Å². The SMILES string of the molecule is Cc1cc(C(=O)N[C@H]2C[C@@H]3CC[C@H]2O3)cc2nc(C(C)(F)F)c(Cc3ccc(Cl)cc3)n12. The van der Waals surface area contributed by atoms with E-state index in [2.05, 4.69) is 10.3 Å². The molecular weight excluding hydrogens is 436 g/mol. The first-order valence-corrected chi connectivity index (χ1v) is 11.2. The third kappa shape index (κ3) is 3.88. The molecule has 2 aliphatic rings. The first-order valence-electron chi connectivity index (χ1n) is 10.8. The molecule has 4 heterocycles. The average molecular weight is 460 g/mol. The Morgan fingerprint density at radius 1 is 1.28 bits per heavy atom. The summed E-state index contributed by atoms with van der Waals surface area (Å²) >= 11 is 5.96. The van der Waals surface area contributed by atoms with Gasteiger partial charge < -0.3 is 14.5 Å². The number of benzene rings is 1. The normalized spacial score (nSPS) is 22.6. The van der Waals surface area contributed by atoms with Gasteiger partial charge in [-0.25, -0.2) is 4.98 Å². The van der Waals surface area contributed by atoms with Crippen molar-refractivity contribution in [1.82, 2.24) is 14.7 Å². The number of carbonyl (C=O) groups is 1. The second-order valence-electron chi connectivity index (χ2n) is 8.87. The van der Waals surface area contributed by atoms with Crippen LogP contribution >= 0.6 is 11.6 Å². The molecular formula is C24H24ClF2N3O2. The lowest BCUT2D eigenvalue weighted by atomic mass is 9.95. The molecule has 3 atom stereocenters. The summed E-state index contributed by atoms with van der Waals surface area (Å²) in [7, 11) is 0. The van der Waals surface area contributed by atoms with Crippen molar-refractivity contribution in [3.63, 3.8) is 0 Å². The van der Waals surface area contributed by atoms with E-state index in [1.54, 1.807) is 35.6 Å². The van der Waals surface area contributed by atoms with Crippen LogP contribution < -0.4 is 5.32 Å². The molecule has 0 radical (unpaired) electrons. The predicted octanol–water partition coefficient (Wildman–Crippen LogP) is 5.05. The molecule has 2 aromatic heterocycles. The zero-order chi connectivity index (χ0) is 22.6. The third-order valence-electron chi connectivity index (χ3n) is 6.39. The number of fused-ring (bicyclic) bond motifs is 3. The zero-order valence-corrected chi connectivity index (χ0v) is 18.6. The number of aryl methyl sites for hydroxylation is 1. The smallest absolute Gasteiger partial charge is 0.288 e.